The van der Waals surface area contributed by atoms with E-state index in [2.05, 4.69) is 16.7 Å². The highest BCUT2D eigenvalue weighted by Crippen LogP contribution is 2.29. The number of rotatable bonds is 3. The number of hydrogen-bond acceptors (Lipinski definition) is 3. The standard InChI is InChI=1S/C16H17N3O/c1-18-16(10-2-5-13(17)6-3-10)11-4-7-14-12(8-11)9-15(20)19-14/h2-8,16,18H,9,17H2,1H3,(H,19,20). The van der Waals surface area contributed by atoms with E-state index in [4.69, 9.17) is 5.73 Å². The van der Waals surface area contributed by atoms with Crippen LogP contribution in [-0.2, 0) is 11.2 Å². The third-order valence-electron chi connectivity index (χ3n) is 3.65. The molecule has 0 aliphatic carbocycles. The Labute approximate surface area is 118 Å². The minimum Gasteiger partial charge on any atom is -0.399 e. The maximum Gasteiger partial charge on any atom is 0.228 e. The van der Waals surface area contributed by atoms with E-state index < -0.39 is 0 Å². The summed E-state index contributed by atoms with van der Waals surface area (Å²) in [7, 11) is 1.93. The number of carbonyl (C=O) groups excluding carboxylic acids is 1. The molecule has 1 heterocycles. The predicted molar refractivity (Wildman–Crippen MR) is 80.5 cm³/mol. The van der Waals surface area contributed by atoms with Crippen molar-refractivity contribution in [2.75, 3.05) is 18.1 Å². The lowest BCUT2D eigenvalue weighted by atomic mass is 9.96. The number of carbonyl (C=O) groups is 1. The highest BCUT2D eigenvalue weighted by molar-refractivity contribution is 5.99. The summed E-state index contributed by atoms with van der Waals surface area (Å²) in [4.78, 5) is 11.4. The van der Waals surface area contributed by atoms with Gasteiger partial charge in [0.15, 0.2) is 0 Å². The van der Waals surface area contributed by atoms with Crippen LogP contribution in [0.3, 0.4) is 0 Å². The van der Waals surface area contributed by atoms with E-state index in [1.54, 1.807) is 0 Å². The van der Waals surface area contributed by atoms with Crippen molar-refractivity contribution in [3.8, 4) is 0 Å². The molecule has 1 atom stereocenters. The molecular formula is C16H17N3O. The van der Waals surface area contributed by atoms with E-state index in [1.165, 1.54) is 0 Å². The molecule has 4 nitrogen and oxygen atoms in total. The molecule has 1 amide bonds. The molecule has 3 rings (SSSR count). The van der Waals surface area contributed by atoms with Crippen molar-refractivity contribution in [2.24, 2.45) is 0 Å². The molecule has 0 spiro atoms. The van der Waals surface area contributed by atoms with Gasteiger partial charge >= 0.3 is 0 Å². The van der Waals surface area contributed by atoms with Gasteiger partial charge in [-0.15, -0.1) is 0 Å². The highest BCUT2D eigenvalue weighted by Gasteiger charge is 2.20. The quantitative estimate of drug-likeness (QED) is 0.746. The number of nitrogen functional groups attached to an aromatic ring is 1. The van der Waals surface area contributed by atoms with Crippen molar-refractivity contribution >= 4 is 17.3 Å². The van der Waals surface area contributed by atoms with Gasteiger partial charge in [0, 0.05) is 11.4 Å². The molecule has 0 aromatic heterocycles. The van der Waals surface area contributed by atoms with Crippen LogP contribution >= 0.6 is 0 Å². The van der Waals surface area contributed by atoms with Gasteiger partial charge in [-0.2, -0.15) is 0 Å². The van der Waals surface area contributed by atoms with Gasteiger partial charge in [-0.1, -0.05) is 24.3 Å². The monoisotopic (exact) mass is 267 g/mol. The Morgan fingerprint density at radius 1 is 1.15 bits per heavy atom. The molecule has 4 heteroatoms. The fourth-order valence-corrected chi connectivity index (χ4v) is 2.64. The largest absolute Gasteiger partial charge is 0.399 e. The summed E-state index contributed by atoms with van der Waals surface area (Å²) in [6, 6.07) is 14.0. The Balaban J connectivity index is 1.96. The van der Waals surface area contributed by atoms with Gasteiger partial charge in [-0.25, -0.2) is 0 Å². The van der Waals surface area contributed by atoms with E-state index in [0.717, 1.165) is 28.1 Å². The first kappa shape index (κ1) is 12.7. The summed E-state index contributed by atoms with van der Waals surface area (Å²) in [5.74, 6) is 0.0608. The van der Waals surface area contributed by atoms with Gasteiger partial charge in [0.25, 0.3) is 0 Å². The second-order valence-electron chi connectivity index (χ2n) is 5.03. The Morgan fingerprint density at radius 3 is 2.55 bits per heavy atom. The normalized spacial score (nSPS) is 14.8. The Bertz CT molecular complexity index is 649. The molecule has 1 unspecified atom stereocenters. The summed E-state index contributed by atoms with van der Waals surface area (Å²) in [6.07, 6.45) is 0.460. The van der Waals surface area contributed by atoms with E-state index in [9.17, 15) is 4.79 Å². The zero-order valence-electron chi connectivity index (χ0n) is 11.3. The maximum atomic E-state index is 11.4. The lowest BCUT2D eigenvalue weighted by Crippen LogP contribution is -2.17. The lowest BCUT2D eigenvalue weighted by Gasteiger charge is -2.18. The molecule has 1 aliphatic heterocycles. The second-order valence-corrected chi connectivity index (χ2v) is 5.03. The average Bonchev–Trinajstić information content (AvgIpc) is 2.81. The minimum atomic E-state index is 0.0608. The third-order valence-corrected chi connectivity index (χ3v) is 3.65. The first-order valence-electron chi connectivity index (χ1n) is 6.63. The Hall–Kier alpha value is -2.33. The molecular weight excluding hydrogens is 250 g/mol. The molecule has 0 fully saturated rings. The maximum absolute atomic E-state index is 11.4. The summed E-state index contributed by atoms with van der Waals surface area (Å²) >= 11 is 0. The van der Waals surface area contributed by atoms with Crippen LogP contribution in [-0.4, -0.2) is 13.0 Å². The zero-order chi connectivity index (χ0) is 14.1. The van der Waals surface area contributed by atoms with Crippen LogP contribution < -0.4 is 16.4 Å². The summed E-state index contributed by atoms with van der Waals surface area (Å²) in [5.41, 5.74) is 10.8. The molecule has 0 radical (unpaired) electrons. The number of hydrogen-bond donors (Lipinski definition) is 3. The van der Waals surface area contributed by atoms with E-state index in [1.807, 2.05) is 43.4 Å². The molecule has 0 bridgehead atoms. The molecule has 102 valence electrons. The van der Waals surface area contributed by atoms with E-state index in [-0.39, 0.29) is 11.9 Å². The fraction of sp³-hybridized carbons (Fsp3) is 0.188. The van der Waals surface area contributed by atoms with Crippen molar-refractivity contribution in [3.05, 3.63) is 59.2 Å². The van der Waals surface area contributed by atoms with Crippen LogP contribution in [0, 0.1) is 0 Å². The zero-order valence-corrected chi connectivity index (χ0v) is 11.3. The van der Waals surface area contributed by atoms with Crippen LogP contribution in [0.2, 0.25) is 0 Å². The Morgan fingerprint density at radius 2 is 1.85 bits per heavy atom. The van der Waals surface area contributed by atoms with Crippen molar-refractivity contribution in [1.82, 2.24) is 5.32 Å². The van der Waals surface area contributed by atoms with Crippen LogP contribution in [0.5, 0.6) is 0 Å². The number of amides is 1. The lowest BCUT2D eigenvalue weighted by molar-refractivity contribution is -0.115. The predicted octanol–water partition coefficient (Wildman–Crippen LogP) is 2.07. The number of anilines is 2. The average molecular weight is 267 g/mol. The van der Waals surface area contributed by atoms with Gasteiger partial charge in [-0.3, -0.25) is 4.79 Å². The van der Waals surface area contributed by atoms with Gasteiger partial charge < -0.3 is 16.4 Å². The SMILES string of the molecule is CNC(c1ccc(N)cc1)c1ccc2c(c1)CC(=O)N2. The van der Waals surface area contributed by atoms with Gasteiger partial charge in [0.2, 0.25) is 5.91 Å². The summed E-state index contributed by atoms with van der Waals surface area (Å²) < 4.78 is 0. The number of nitrogens with two attached hydrogens (primary N) is 1. The number of fused-ring (bicyclic) bond motifs is 1. The van der Waals surface area contributed by atoms with Gasteiger partial charge in [0.05, 0.1) is 12.5 Å². The summed E-state index contributed by atoms with van der Waals surface area (Å²) in [6.45, 7) is 0. The first-order chi connectivity index (χ1) is 9.67. The van der Waals surface area contributed by atoms with Crippen LogP contribution in [0.4, 0.5) is 11.4 Å². The van der Waals surface area contributed by atoms with E-state index in [0.29, 0.717) is 6.42 Å². The molecule has 0 saturated heterocycles. The third kappa shape index (κ3) is 2.26. The van der Waals surface area contributed by atoms with Crippen LogP contribution in [0.1, 0.15) is 22.7 Å². The molecule has 2 aromatic rings. The summed E-state index contributed by atoms with van der Waals surface area (Å²) in [5, 5.41) is 6.16. The molecule has 20 heavy (non-hydrogen) atoms. The molecule has 4 N–H and O–H groups in total. The van der Waals surface area contributed by atoms with Crippen molar-refractivity contribution in [2.45, 2.75) is 12.5 Å². The smallest absolute Gasteiger partial charge is 0.228 e. The molecule has 1 aliphatic rings. The molecule has 0 saturated carbocycles. The Kier molecular flexibility index (Phi) is 3.16. The van der Waals surface area contributed by atoms with Crippen molar-refractivity contribution in [1.29, 1.82) is 0 Å². The topological polar surface area (TPSA) is 67.1 Å². The minimum absolute atomic E-state index is 0.0608. The van der Waals surface area contributed by atoms with Gasteiger partial charge in [0.1, 0.15) is 0 Å². The van der Waals surface area contributed by atoms with Crippen molar-refractivity contribution < 1.29 is 4.79 Å². The first-order valence-corrected chi connectivity index (χ1v) is 6.63. The number of benzene rings is 2. The van der Waals surface area contributed by atoms with Crippen LogP contribution in [0.15, 0.2) is 42.5 Å². The number of nitrogens with one attached hydrogen (secondary N) is 2. The van der Waals surface area contributed by atoms with E-state index >= 15 is 0 Å². The second kappa shape index (κ2) is 4.98. The molecule has 2 aromatic carbocycles. The van der Waals surface area contributed by atoms with Gasteiger partial charge in [-0.05, 0) is 41.9 Å². The highest BCUT2D eigenvalue weighted by atomic mass is 16.1. The van der Waals surface area contributed by atoms with Crippen LogP contribution in [0.25, 0.3) is 0 Å². The fourth-order valence-electron chi connectivity index (χ4n) is 2.64. The van der Waals surface area contributed by atoms with Crippen molar-refractivity contribution in [3.63, 3.8) is 0 Å².